The molecule has 1 aromatic rings. The van der Waals surface area contributed by atoms with Crippen LogP contribution in [0.25, 0.3) is 6.08 Å². The van der Waals surface area contributed by atoms with Gasteiger partial charge in [0.2, 0.25) is 5.91 Å². The second-order valence-corrected chi connectivity index (χ2v) is 6.40. The third-order valence-corrected chi connectivity index (χ3v) is 4.15. The molecule has 28 heavy (non-hydrogen) atoms. The summed E-state index contributed by atoms with van der Waals surface area (Å²) in [5, 5.41) is 13.4. The quantitative estimate of drug-likeness (QED) is 0.483. The molecule has 1 fully saturated rings. The molecule has 1 aromatic heterocycles. The lowest BCUT2D eigenvalue weighted by Crippen LogP contribution is -2.28. The number of nitrogens with one attached hydrogen (secondary N) is 2. The molecule has 0 radical (unpaired) electrons. The molecule has 156 valence electrons. The predicted molar refractivity (Wildman–Crippen MR) is 99.4 cm³/mol. The molecule has 0 aromatic carbocycles. The molecule has 2 heterocycles. The number of carboxylic acid groups (broad SMARTS) is 1. The second-order valence-electron chi connectivity index (χ2n) is 6.40. The number of hydrogen-bond donors (Lipinski definition) is 3. The molecule has 3 N–H and O–H groups in total. The van der Waals surface area contributed by atoms with Gasteiger partial charge in [0.15, 0.2) is 0 Å². The maximum Gasteiger partial charge on any atom is 0.490 e. The van der Waals surface area contributed by atoms with Crippen LogP contribution in [0.15, 0.2) is 30.6 Å². The summed E-state index contributed by atoms with van der Waals surface area (Å²) in [6.45, 7) is 3.10. The Labute approximate surface area is 162 Å². The van der Waals surface area contributed by atoms with Gasteiger partial charge in [0, 0.05) is 25.0 Å². The van der Waals surface area contributed by atoms with E-state index >= 15 is 0 Å². The second kappa shape index (κ2) is 12.9. The van der Waals surface area contributed by atoms with Crippen LogP contribution < -0.4 is 10.6 Å². The van der Waals surface area contributed by atoms with Gasteiger partial charge in [-0.15, -0.1) is 0 Å². The fraction of sp³-hybridized carbons (Fsp3) is 0.526. The lowest BCUT2D eigenvalue weighted by molar-refractivity contribution is -0.192. The number of carbonyl (C=O) groups excluding carboxylic acids is 1. The van der Waals surface area contributed by atoms with Crippen LogP contribution in [-0.4, -0.2) is 47.8 Å². The maximum absolute atomic E-state index is 11.7. The number of piperidine rings is 1. The lowest BCUT2D eigenvalue weighted by Gasteiger charge is -2.22. The van der Waals surface area contributed by atoms with Crippen LogP contribution in [0.1, 0.15) is 37.7 Å². The molecule has 0 bridgehead atoms. The highest BCUT2D eigenvalue weighted by atomic mass is 19.4. The number of amides is 1. The first kappa shape index (κ1) is 23.6. The van der Waals surface area contributed by atoms with E-state index in [9.17, 15) is 18.0 Å². The average molecular weight is 401 g/mol. The first-order valence-electron chi connectivity index (χ1n) is 9.16. The van der Waals surface area contributed by atoms with E-state index in [2.05, 4.69) is 15.6 Å². The van der Waals surface area contributed by atoms with Crippen molar-refractivity contribution in [2.75, 3.05) is 19.6 Å². The van der Waals surface area contributed by atoms with Gasteiger partial charge in [0.1, 0.15) is 0 Å². The molecule has 0 saturated carbocycles. The number of carboxylic acids is 1. The van der Waals surface area contributed by atoms with Gasteiger partial charge in [-0.3, -0.25) is 9.78 Å². The van der Waals surface area contributed by atoms with E-state index in [1.807, 2.05) is 12.1 Å². The van der Waals surface area contributed by atoms with Crippen LogP contribution in [0.5, 0.6) is 0 Å². The van der Waals surface area contributed by atoms with E-state index < -0.39 is 12.1 Å². The Bertz CT molecular complexity index is 616. The van der Waals surface area contributed by atoms with Crippen LogP contribution in [0, 0.1) is 5.92 Å². The van der Waals surface area contributed by atoms with Crippen molar-refractivity contribution in [3.8, 4) is 0 Å². The number of unbranched alkanes of at least 4 members (excludes halogenated alkanes) is 1. The zero-order chi connectivity index (χ0) is 20.8. The first-order valence-corrected chi connectivity index (χ1v) is 9.16. The van der Waals surface area contributed by atoms with Gasteiger partial charge < -0.3 is 15.7 Å². The summed E-state index contributed by atoms with van der Waals surface area (Å²) < 4.78 is 31.7. The number of aromatic nitrogens is 1. The number of carbonyl (C=O) groups is 2. The van der Waals surface area contributed by atoms with Crippen LogP contribution >= 0.6 is 0 Å². The Kier molecular flexibility index (Phi) is 10.9. The highest BCUT2D eigenvalue weighted by Gasteiger charge is 2.38. The Morgan fingerprint density at radius 3 is 2.54 bits per heavy atom. The average Bonchev–Trinajstić information content (AvgIpc) is 2.67. The number of nitrogens with zero attached hydrogens (tertiary/aromatic N) is 1. The molecule has 1 aliphatic rings. The van der Waals surface area contributed by atoms with Crippen molar-refractivity contribution in [2.45, 2.75) is 38.3 Å². The summed E-state index contributed by atoms with van der Waals surface area (Å²) in [5.74, 6) is -1.90. The van der Waals surface area contributed by atoms with Gasteiger partial charge >= 0.3 is 12.1 Å². The van der Waals surface area contributed by atoms with Crippen LogP contribution in [0.2, 0.25) is 0 Å². The van der Waals surface area contributed by atoms with Gasteiger partial charge in [-0.05, 0) is 56.0 Å². The van der Waals surface area contributed by atoms with Crippen molar-refractivity contribution in [1.29, 1.82) is 0 Å². The smallest absolute Gasteiger partial charge is 0.475 e. The summed E-state index contributed by atoms with van der Waals surface area (Å²) in [4.78, 5) is 24.6. The van der Waals surface area contributed by atoms with E-state index in [0.717, 1.165) is 24.4 Å². The number of alkyl halides is 3. The lowest BCUT2D eigenvalue weighted by atomic mass is 9.92. The molecule has 0 unspecified atom stereocenters. The summed E-state index contributed by atoms with van der Waals surface area (Å²) >= 11 is 0. The third-order valence-electron chi connectivity index (χ3n) is 4.15. The molecule has 0 atom stereocenters. The molecule has 2 rings (SSSR count). The van der Waals surface area contributed by atoms with E-state index in [1.165, 1.54) is 38.8 Å². The van der Waals surface area contributed by atoms with Crippen molar-refractivity contribution in [2.24, 2.45) is 5.92 Å². The SMILES string of the molecule is O=C(/C=C/c1cccnc1)NCCCCC1CCNCC1.O=C(O)C(F)(F)F. The number of aliphatic carboxylic acids is 1. The Balaban J connectivity index is 0.000000480. The summed E-state index contributed by atoms with van der Waals surface area (Å²) in [5.41, 5.74) is 0.943. The van der Waals surface area contributed by atoms with Crippen LogP contribution in [0.3, 0.4) is 0 Å². The molecular formula is C19H26F3N3O3. The first-order chi connectivity index (χ1) is 13.3. The van der Waals surface area contributed by atoms with E-state index in [0.29, 0.717) is 0 Å². The number of rotatable bonds is 7. The van der Waals surface area contributed by atoms with Crippen LogP contribution in [-0.2, 0) is 9.59 Å². The van der Waals surface area contributed by atoms with Crippen molar-refractivity contribution in [3.05, 3.63) is 36.2 Å². The Hall–Kier alpha value is -2.42. The molecule has 0 aliphatic carbocycles. The largest absolute Gasteiger partial charge is 0.490 e. The number of pyridine rings is 1. The Morgan fingerprint density at radius 2 is 1.96 bits per heavy atom. The summed E-state index contributed by atoms with van der Waals surface area (Å²) in [6, 6.07) is 3.79. The molecule has 1 aliphatic heterocycles. The zero-order valence-corrected chi connectivity index (χ0v) is 15.5. The van der Waals surface area contributed by atoms with E-state index in [4.69, 9.17) is 9.90 Å². The maximum atomic E-state index is 11.7. The summed E-state index contributed by atoms with van der Waals surface area (Å²) in [7, 11) is 0. The van der Waals surface area contributed by atoms with E-state index in [-0.39, 0.29) is 5.91 Å². The van der Waals surface area contributed by atoms with Crippen molar-refractivity contribution >= 4 is 18.0 Å². The molecule has 0 spiro atoms. The topological polar surface area (TPSA) is 91.3 Å². The molecular weight excluding hydrogens is 375 g/mol. The zero-order valence-electron chi connectivity index (χ0n) is 15.5. The fourth-order valence-electron chi connectivity index (χ4n) is 2.65. The van der Waals surface area contributed by atoms with Gasteiger partial charge in [-0.2, -0.15) is 13.2 Å². The fourth-order valence-corrected chi connectivity index (χ4v) is 2.65. The monoisotopic (exact) mass is 401 g/mol. The molecule has 1 saturated heterocycles. The highest BCUT2D eigenvalue weighted by Crippen LogP contribution is 2.18. The standard InChI is InChI=1S/C17H25N3O.C2HF3O2/c21-17(7-6-16-5-3-10-19-14-16)20-11-2-1-4-15-8-12-18-13-9-15;3-2(4,5)1(6)7/h3,5-7,10,14-15,18H,1-2,4,8-9,11-13H2,(H,20,21);(H,6,7)/b7-6+;. The minimum absolute atomic E-state index is 0.0271. The minimum atomic E-state index is -5.08. The van der Waals surface area contributed by atoms with Crippen molar-refractivity contribution < 1.29 is 27.9 Å². The van der Waals surface area contributed by atoms with Gasteiger partial charge in [0.05, 0.1) is 0 Å². The van der Waals surface area contributed by atoms with Gasteiger partial charge in [-0.1, -0.05) is 18.9 Å². The predicted octanol–water partition coefficient (Wildman–Crippen LogP) is 3.01. The van der Waals surface area contributed by atoms with Gasteiger partial charge in [-0.25, -0.2) is 4.79 Å². The van der Waals surface area contributed by atoms with E-state index in [1.54, 1.807) is 24.5 Å². The highest BCUT2D eigenvalue weighted by molar-refractivity contribution is 5.91. The summed E-state index contributed by atoms with van der Waals surface area (Å²) in [6.07, 6.45) is 7.92. The number of hydrogen-bond acceptors (Lipinski definition) is 4. The number of halogens is 3. The van der Waals surface area contributed by atoms with Gasteiger partial charge in [0.25, 0.3) is 0 Å². The van der Waals surface area contributed by atoms with Crippen LogP contribution in [0.4, 0.5) is 13.2 Å². The normalized spacial score (nSPS) is 15.0. The van der Waals surface area contributed by atoms with Crippen molar-refractivity contribution in [1.82, 2.24) is 15.6 Å². The molecule has 9 heteroatoms. The minimum Gasteiger partial charge on any atom is -0.475 e. The third kappa shape index (κ3) is 11.3. The molecule has 1 amide bonds. The molecule has 6 nitrogen and oxygen atoms in total. The Morgan fingerprint density at radius 1 is 1.29 bits per heavy atom. The van der Waals surface area contributed by atoms with Crippen molar-refractivity contribution in [3.63, 3.8) is 0 Å².